The van der Waals surface area contributed by atoms with Crippen molar-refractivity contribution in [1.82, 2.24) is 4.98 Å². The minimum absolute atomic E-state index is 0.0277. The molecule has 0 saturated heterocycles. The highest BCUT2D eigenvalue weighted by Crippen LogP contribution is 2.20. The summed E-state index contributed by atoms with van der Waals surface area (Å²) in [4.78, 5) is 13.8. The zero-order valence-electron chi connectivity index (χ0n) is 5.51. The lowest BCUT2D eigenvalue weighted by Gasteiger charge is -1.99. The Hall–Kier alpha value is -0.430. The van der Waals surface area contributed by atoms with Crippen molar-refractivity contribution in [3.05, 3.63) is 26.3 Å². The van der Waals surface area contributed by atoms with E-state index in [0.29, 0.717) is 0 Å². The van der Waals surface area contributed by atoms with Crippen molar-refractivity contribution >= 4 is 40.2 Å². The number of rotatable bonds is 1. The average Bonchev–Trinajstić information content (AvgIpc) is 2.00. The van der Waals surface area contributed by atoms with Crippen molar-refractivity contribution < 1.29 is 14.3 Å². The fourth-order valence-corrected chi connectivity index (χ4v) is 1.52. The summed E-state index contributed by atoms with van der Waals surface area (Å²) in [5, 5.41) is 8.21. The molecule has 1 heterocycles. The van der Waals surface area contributed by atoms with Gasteiger partial charge in [0.05, 0.1) is 9.13 Å². The topological polar surface area (TPSA) is 50.2 Å². The number of carboxylic acids is 1. The maximum Gasteiger partial charge on any atom is 0.338 e. The molecule has 0 bridgehead atoms. The summed E-state index contributed by atoms with van der Waals surface area (Å²) in [5.41, 5.74) is -0.183. The maximum absolute atomic E-state index is 12.9. The van der Waals surface area contributed by atoms with Gasteiger partial charge >= 0.3 is 5.97 Å². The molecule has 0 aliphatic rings. The number of carboxylic acid groups (broad SMARTS) is 1. The molecular formula is C6H2ClFINO2. The van der Waals surface area contributed by atoms with Gasteiger partial charge in [-0.2, -0.15) is 0 Å². The molecule has 1 rings (SSSR count). The minimum Gasteiger partial charge on any atom is -0.478 e. The lowest BCUT2D eigenvalue weighted by molar-refractivity contribution is 0.0694. The summed E-state index contributed by atoms with van der Waals surface area (Å²) in [7, 11) is 0. The fourth-order valence-electron chi connectivity index (χ4n) is 0.592. The molecule has 0 aliphatic carbocycles. The highest BCUT2D eigenvalue weighted by molar-refractivity contribution is 14.1. The van der Waals surface area contributed by atoms with Gasteiger partial charge in [0.2, 0.25) is 0 Å². The zero-order chi connectivity index (χ0) is 9.30. The second kappa shape index (κ2) is 3.53. The van der Waals surface area contributed by atoms with Crippen LogP contribution in [-0.4, -0.2) is 16.1 Å². The Labute approximate surface area is 85.7 Å². The van der Waals surface area contributed by atoms with Crippen molar-refractivity contribution in [2.24, 2.45) is 0 Å². The SMILES string of the molecule is O=C(O)c1cnc(Cl)c(F)c1I. The molecule has 64 valence electrons. The van der Waals surface area contributed by atoms with Crippen LogP contribution in [0.2, 0.25) is 5.15 Å². The minimum atomic E-state index is -1.22. The first-order valence-electron chi connectivity index (χ1n) is 2.77. The van der Waals surface area contributed by atoms with Crippen LogP contribution < -0.4 is 0 Å². The number of nitrogens with zero attached hydrogens (tertiary/aromatic N) is 1. The molecule has 0 spiro atoms. The van der Waals surface area contributed by atoms with E-state index in [1.807, 2.05) is 0 Å². The number of aromatic nitrogens is 1. The maximum atomic E-state index is 12.9. The van der Waals surface area contributed by atoms with E-state index in [2.05, 4.69) is 4.98 Å². The molecule has 1 aromatic rings. The third-order valence-electron chi connectivity index (χ3n) is 1.15. The largest absolute Gasteiger partial charge is 0.478 e. The first-order chi connectivity index (χ1) is 5.54. The van der Waals surface area contributed by atoms with E-state index in [4.69, 9.17) is 16.7 Å². The molecule has 0 fully saturated rings. The first-order valence-corrected chi connectivity index (χ1v) is 4.22. The van der Waals surface area contributed by atoms with E-state index in [1.54, 1.807) is 22.6 Å². The normalized spacial score (nSPS) is 9.92. The van der Waals surface area contributed by atoms with Gasteiger partial charge in [-0.3, -0.25) is 0 Å². The van der Waals surface area contributed by atoms with E-state index < -0.39 is 11.8 Å². The van der Waals surface area contributed by atoms with Crippen molar-refractivity contribution in [3.63, 3.8) is 0 Å². The van der Waals surface area contributed by atoms with Crippen LogP contribution in [0.4, 0.5) is 4.39 Å². The lowest BCUT2D eigenvalue weighted by Crippen LogP contribution is -2.03. The van der Waals surface area contributed by atoms with Crippen LogP contribution in [0.3, 0.4) is 0 Å². The quantitative estimate of drug-likeness (QED) is 0.639. The second-order valence-electron chi connectivity index (χ2n) is 1.90. The number of aromatic carboxylic acids is 1. The van der Waals surface area contributed by atoms with Gasteiger partial charge in [0, 0.05) is 6.20 Å². The number of halogens is 3. The summed E-state index contributed by atoms with van der Waals surface area (Å²) in [6, 6.07) is 0. The van der Waals surface area contributed by atoms with Gasteiger partial charge in [0.25, 0.3) is 0 Å². The molecule has 0 unspecified atom stereocenters. The van der Waals surface area contributed by atoms with E-state index in [0.717, 1.165) is 6.20 Å². The highest BCUT2D eigenvalue weighted by atomic mass is 127. The first kappa shape index (κ1) is 9.66. The standard InChI is InChI=1S/C6H2ClFINO2/c7-5-3(8)4(9)2(1-10-5)6(11)12/h1H,(H,11,12). The summed E-state index contributed by atoms with van der Waals surface area (Å²) >= 11 is 6.87. The molecule has 0 aliphatic heterocycles. The van der Waals surface area contributed by atoms with Crippen LogP contribution in [-0.2, 0) is 0 Å². The van der Waals surface area contributed by atoms with Crippen molar-refractivity contribution in [2.75, 3.05) is 0 Å². The third kappa shape index (κ3) is 1.66. The predicted molar refractivity (Wildman–Crippen MR) is 48.9 cm³/mol. The van der Waals surface area contributed by atoms with Crippen LogP contribution in [0, 0.1) is 9.39 Å². The Morgan fingerprint density at radius 3 is 2.83 bits per heavy atom. The zero-order valence-corrected chi connectivity index (χ0v) is 8.43. The van der Waals surface area contributed by atoms with Gasteiger partial charge in [-0.25, -0.2) is 14.2 Å². The molecule has 3 nitrogen and oxygen atoms in total. The summed E-state index contributed by atoms with van der Waals surface area (Å²) in [5.74, 6) is -2.01. The number of carbonyl (C=O) groups is 1. The van der Waals surface area contributed by atoms with Gasteiger partial charge in [-0.05, 0) is 22.6 Å². The third-order valence-corrected chi connectivity index (χ3v) is 2.47. The lowest BCUT2D eigenvalue weighted by atomic mass is 10.3. The highest BCUT2D eigenvalue weighted by Gasteiger charge is 2.15. The van der Waals surface area contributed by atoms with Gasteiger partial charge < -0.3 is 5.11 Å². The van der Waals surface area contributed by atoms with E-state index in [1.165, 1.54) is 0 Å². The van der Waals surface area contributed by atoms with Crippen LogP contribution in [0.25, 0.3) is 0 Å². The number of hydrogen-bond donors (Lipinski definition) is 1. The van der Waals surface area contributed by atoms with Gasteiger partial charge in [0.1, 0.15) is 0 Å². The monoisotopic (exact) mass is 301 g/mol. The van der Waals surface area contributed by atoms with Crippen molar-refractivity contribution in [3.8, 4) is 0 Å². The van der Waals surface area contributed by atoms with Gasteiger partial charge in [0.15, 0.2) is 11.0 Å². The summed E-state index contributed by atoms with van der Waals surface area (Å²) < 4.78 is 12.9. The van der Waals surface area contributed by atoms with Crippen LogP contribution >= 0.6 is 34.2 Å². The molecular weight excluding hydrogens is 299 g/mol. The Kier molecular flexibility index (Phi) is 2.84. The van der Waals surface area contributed by atoms with Gasteiger partial charge in [-0.1, -0.05) is 11.6 Å². The predicted octanol–water partition coefficient (Wildman–Crippen LogP) is 2.18. The Bertz CT molecular complexity index is 345. The smallest absolute Gasteiger partial charge is 0.338 e. The summed E-state index contributed by atoms with van der Waals surface area (Å²) in [6.45, 7) is 0. The molecule has 12 heavy (non-hydrogen) atoms. The average molecular weight is 301 g/mol. The fraction of sp³-hybridized carbons (Fsp3) is 0. The molecule has 0 radical (unpaired) electrons. The Balaban J connectivity index is 3.36. The van der Waals surface area contributed by atoms with Gasteiger partial charge in [-0.15, -0.1) is 0 Å². The van der Waals surface area contributed by atoms with E-state index in [9.17, 15) is 9.18 Å². The van der Waals surface area contributed by atoms with Crippen molar-refractivity contribution in [2.45, 2.75) is 0 Å². The molecule has 1 aromatic heterocycles. The number of hydrogen-bond acceptors (Lipinski definition) is 2. The van der Waals surface area contributed by atoms with E-state index in [-0.39, 0.29) is 14.3 Å². The van der Waals surface area contributed by atoms with Crippen molar-refractivity contribution in [1.29, 1.82) is 0 Å². The Morgan fingerprint density at radius 2 is 2.33 bits per heavy atom. The molecule has 0 aromatic carbocycles. The van der Waals surface area contributed by atoms with Crippen LogP contribution in [0.5, 0.6) is 0 Å². The molecule has 0 atom stereocenters. The number of pyridine rings is 1. The molecule has 0 saturated carbocycles. The van der Waals surface area contributed by atoms with E-state index >= 15 is 0 Å². The molecule has 6 heteroatoms. The second-order valence-corrected chi connectivity index (χ2v) is 3.33. The van der Waals surface area contributed by atoms with Crippen LogP contribution in [0.1, 0.15) is 10.4 Å². The molecule has 1 N–H and O–H groups in total. The summed E-state index contributed by atoms with van der Waals surface area (Å²) in [6.07, 6.45) is 1.02. The van der Waals surface area contributed by atoms with Crippen LogP contribution in [0.15, 0.2) is 6.20 Å². The Morgan fingerprint density at radius 1 is 1.75 bits per heavy atom. The molecule has 0 amide bonds.